The van der Waals surface area contributed by atoms with Crippen LogP contribution in [0.5, 0.6) is 0 Å². The van der Waals surface area contributed by atoms with Crippen LogP contribution in [0.2, 0.25) is 0 Å². The molecule has 0 saturated heterocycles. The fraction of sp³-hybridized carbons (Fsp3) is 0.172. The quantitative estimate of drug-likeness (QED) is 0.177. The highest BCUT2D eigenvalue weighted by Gasteiger charge is 2.38. The smallest absolute Gasteiger partial charge is 0.137 e. The van der Waals surface area contributed by atoms with E-state index in [1.165, 1.54) is 72.0 Å². The molecule has 3 nitrogen and oxygen atoms in total. The molecule has 0 radical (unpaired) electrons. The third-order valence-corrected chi connectivity index (χ3v) is 14.1. The molecule has 2 aromatic heterocycles. The van der Waals surface area contributed by atoms with E-state index in [1.807, 2.05) is 0 Å². The van der Waals surface area contributed by atoms with Gasteiger partial charge in [0.15, 0.2) is 0 Å². The number of nitrogens with zero attached hydrogens (tertiary/aromatic N) is 2. The average molecular weight is 789 g/mol. The summed E-state index contributed by atoms with van der Waals surface area (Å²) >= 11 is 0. The highest BCUT2D eigenvalue weighted by atomic mass is 16.3. The lowest BCUT2D eigenvalue weighted by atomic mass is 9.82. The van der Waals surface area contributed by atoms with E-state index in [1.54, 1.807) is 0 Å². The van der Waals surface area contributed by atoms with Crippen LogP contribution in [0.25, 0.3) is 71.7 Å². The average Bonchev–Trinajstić information content (AvgIpc) is 3.94. The van der Waals surface area contributed by atoms with E-state index in [9.17, 15) is 0 Å². The van der Waals surface area contributed by atoms with Gasteiger partial charge in [-0.1, -0.05) is 158 Å². The molecule has 12 rings (SSSR count). The van der Waals surface area contributed by atoms with Gasteiger partial charge < -0.3 is 13.9 Å². The Labute approximate surface area is 357 Å². The van der Waals surface area contributed by atoms with E-state index in [0.717, 1.165) is 44.5 Å². The second-order valence-electron chi connectivity index (χ2n) is 19.4. The minimum Gasteiger partial charge on any atom is -0.456 e. The van der Waals surface area contributed by atoms with E-state index < -0.39 is 0 Å². The predicted molar refractivity (Wildman–Crippen MR) is 257 cm³/mol. The number of furan rings is 1. The van der Waals surface area contributed by atoms with Crippen molar-refractivity contribution < 1.29 is 4.42 Å². The lowest BCUT2D eigenvalue weighted by molar-refractivity contribution is 0.588. The van der Waals surface area contributed by atoms with Crippen LogP contribution in [-0.2, 0) is 16.2 Å². The highest BCUT2D eigenvalue weighted by Crippen LogP contribution is 2.54. The zero-order valence-corrected chi connectivity index (χ0v) is 35.9. The van der Waals surface area contributed by atoms with Gasteiger partial charge in [-0.2, -0.15) is 0 Å². The molecule has 10 aromatic rings. The van der Waals surface area contributed by atoms with Gasteiger partial charge >= 0.3 is 0 Å². The summed E-state index contributed by atoms with van der Waals surface area (Å²) in [6.45, 7) is 16.5. The molecule has 0 bridgehead atoms. The van der Waals surface area contributed by atoms with Crippen LogP contribution in [0.4, 0.5) is 17.1 Å². The number of hydrogen-bond donors (Lipinski definition) is 0. The van der Waals surface area contributed by atoms with Gasteiger partial charge in [0.05, 0.1) is 22.1 Å². The summed E-state index contributed by atoms with van der Waals surface area (Å²) in [7, 11) is 0. The maximum atomic E-state index is 6.59. The summed E-state index contributed by atoms with van der Waals surface area (Å²) in [6, 6.07) is 61.1. The van der Waals surface area contributed by atoms with Gasteiger partial charge in [0.25, 0.3) is 0 Å². The Hall–Kier alpha value is -6.84. The third kappa shape index (κ3) is 4.98. The maximum Gasteiger partial charge on any atom is 0.137 e. The van der Waals surface area contributed by atoms with Crippen LogP contribution in [0.3, 0.4) is 0 Å². The first-order valence-electron chi connectivity index (χ1n) is 21.7. The van der Waals surface area contributed by atoms with Crippen LogP contribution in [0.1, 0.15) is 76.3 Å². The van der Waals surface area contributed by atoms with Crippen LogP contribution in [-0.4, -0.2) is 4.57 Å². The summed E-state index contributed by atoms with van der Waals surface area (Å²) in [5.74, 6) is 0. The minimum atomic E-state index is -0.146. The summed E-state index contributed by atoms with van der Waals surface area (Å²) in [4.78, 5) is 2.50. The predicted octanol–water partition coefficient (Wildman–Crippen LogP) is 16.1. The number of hydrogen-bond acceptors (Lipinski definition) is 2. The number of para-hydroxylation sites is 2. The molecular formula is C58H48N2O. The highest BCUT2D eigenvalue weighted by molar-refractivity contribution is 6.15. The monoisotopic (exact) mass is 788 g/mol. The van der Waals surface area contributed by atoms with Crippen molar-refractivity contribution in [2.24, 2.45) is 0 Å². The standard InChI is InChI=1S/C58H48N2O/c1-56(2,3)47-30-31-53-54(44-19-11-15-23-52(44)61-53)55(47)60-50-22-14-10-18-42(50)43-29-26-37(34-51(43)60)59(35-24-27-40-38-16-8-12-20-45(38)57(4,5)48(40)32-35)36-25-28-41-39-17-9-13-21-46(39)58(6,7)49(41)33-36/h8-34H,1-7H3. The zero-order valence-electron chi connectivity index (χ0n) is 35.9. The van der Waals surface area contributed by atoms with Crippen molar-refractivity contribution in [2.45, 2.75) is 64.7 Å². The molecular weight excluding hydrogens is 741 g/mol. The van der Waals surface area contributed by atoms with Crippen molar-refractivity contribution >= 4 is 60.8 Å². The number of fused-ring (bicyclic) bond motifs is 12. The Bertz CT molecular complexity index is 3370. The van der Waals surface area contributed by atoms with E-state index in [2.05, 4.69) is 222 Å². The van der Waals surface area contributed by atoms with Gasteiger partial charge in [-0.05, 0) is 110 Å². The van der Waals surface area contributed by atoms with Crippen molar-refractivity contribution in [1.29, 1.82) is 0 Å². The lowest BCUT2D eigenvalue weighted by Gasteiger charge is -2.30. The molecule has 0 spiro atoms. The molecule has 2 aliphatic carbocycles. The topological polar surface area (TPSA) is 21.3 Å². The Morgan fingerprint density at radius 3 is 1.59 bits per heavy atom. The van der Waals surface area contributed by atoms with Gasteiger partial charge in [-0.3, -0.25) is 0 Å². The van der Waals surface area contributed by atoms with Gasteiger partial charge in [0, 0.05) is 44.1 Å². The first-order valence-corrected chi connectivity index (χ1v) is 21.7. The van der Waals surface area contributed by atoms with E-state index in [-0.39, 0.29) is 16.2 Å². The van der Waals surface area contributed by atoms with Crippen molar-refractivity contribution in [1.82, 2.24) is 4.57 Å². The first-order chi connectivity index (χ1) is 29.4. The molecule has 0 amide bonds. The minimum absolute atomic E-state index is 0.138. The fourth-order valence-electron chi connectivity index (χ4n) is 11.1. The molecule has 296 valence electrons. The number of benzene rings is 8. The van der Waals surface area contributed by atoms with E-state index in [4.69, 9.17) is 4.42 Å². The summed E-state index contributed by atoms with van der Waals surface area (Å²) < 4.78 is 9.12. The second kappa shape index (κ2) is 12.4. The Kier molecular flexibility index (Phi) is 7.31. The van der Waals surface area contributed by atoms with Gasteiger partial charge in [0.2, 0.25) is 0 Å². The van der Waals surface area contributed by atoms with Gasteiger partial charge in [-0.15, -0.1) is 0 Å². The number of rotatable bonds is 4. The van der Waals surface area contributed by atoms with Crippen LogP contribution in [0, 0.1) is 0 Å². The first kappa shape index (κ1) is 36.0. The summed E-state index contributed by atoms with van der Waals surface area (Å²) in [5.41, 5.74) is 20.4. The molecule has 0 aliphatic heterocycles. The normalized spacial score (nSPS) is 14.7. The van der Waals surface area contributed by atoms with Crippen LogP contribution >= 0.6 is 0 Å². The SMILES string of the molecule is CC(C)(C)c1ccc2oc3ccccc3c2c1-n1c2ccccc2c2ccc(N(c3ccc4c(c3)C(C)(C)c3ccccc3-4)c3ccc4c(c3)C(C)(C)c3ccccc3-4)cc21. The van der Waals surface area contributed by atoms with Gasteiger partial charge in [-0.25, -0.2) is 0 Å². The molecule has 2 aliphatic rings. The van der Waals surface area contributed by atoms with Gasteiger partial charge in [0.1, 0.15) is 11.2 Å². The molecule has 3 heteroatoms. The molecule has 8 aromatic carbocycles. The molecule has 2 heterocycles. The molecule has 0 fully saturated rings. The lowest BCUT2D eigenvalue weighted by Crippen LogP contribution is -2.18. The van der Waals surface area contributed by atoms with Crippen molar-refractivity contribution in [2.75, 3.05) is 4.90 Å². The van der Waals surface area contributed by atoms with Crippen molar-refractivity contribution in [3.63, 3.8) is 0 Å². The number of anilines is 3. The molecule has 0 unspecified atom stereocenters. The fourth-order valence-corrected chi connectivity index (χ4v) is 11.1. The zero-order chi connectivity index (χ0) is 41.6. The van der Waals surface area contributed by atoms with Crippen LogP contribution in [0.15, 0.2) is 168 Å². The van der Waals surface area contributed by atoms with Crippen molar-refractivity contribution in [3.05, 3.63) is 192 Å². The third-order valence-electron chi connectivity index (χ3n) is 14.1. The summed E-state index contributed by atoms with van der Waals surface area (Å²) in [6.07, 6.45) is 0. The van der Waals surface area contributed by atoms with Crippen LogP contribution < -0.4 is 4.90 Å². The largest absolute Gasteiger partial charge is 0.456 e. The second-order valence-corrected chi connectivity index (χ2v) is 19.4. The van der Waals surface area contributed by atoms with Crippen molar-refractivity contribution in [3.8, 4) is 27.9 Å². The molecule has 0 N–H and O–H groups in total. The molecule has 0 atom stereocenters. The Morgan fingerprint density at radius 1 is 0.443 bits per heavy atom. The van der Waals surface area contributed by atoms with E-state index >= 15 is 0 Å². The molecule has 61 heavy (non-hydrogen) atoms. The summed E-state index contributed by atoms with van der Waals surface area (Å²) in [5, 5.41) is 4.73. The molecule has 0 saturated carbocycles. The maximum absolute atomic E-state index is 6.59. The Morgan fingerprint density at radius 2 is 0.951 bits per heavy atom. The Balaban J connectivity index is 1.15. The number of aromatic nitrogens is 1. The van der Waals surface area contributed by atoms with E-state index in [0.29, 0.717) is 0 Å².